The van der Waals surface area contributed by atoms with E-state index in [4.69, 9.17) is 0 Å². The van der Waals surface area contributed by atoms with Crippen molar-refractivity contribution in [3.8, 4) is 11.1 Å². The van der Waals surface area contributed by atoms with E-state index in [1.807, 2.05) is 75.7 Å². The number of imidazole rings is 1. The number of nitrogens with zero attached hydrogens (tertiary/aromatic N) is 3. The van der Waals surface area contributed by atoms with Crippen molar-refractivity contribution in [2.75, 3.05) is 0 Å². The first-order chi connectivity index (χ1) is 18.0. The van der Waals surface area contributed by atoms with Crippen molar-refractivity contribution in [3.63, 3.8) is 0 Å². The van der Waals surface area contributed by atoms with Crippen LogP contribution >= 0.6 is 0 Å². The van der Waals surface area contributed by atoms with Crippen LogP contribution in [0.15, 0.2) is 66.0 Å². The van der Waals surface area contributed by atoms with E-state index >= 15 is 0 Å². The highest BCUT2D eigenvalue weighted by Crippen LogP contribution is 2.32. The first-order valence-electron chi connectivity index (χ1n) is 12.8. The normalized spacial score (nSPS) is 13.0. The lowest BCUT2D eigenvalue weighted by atomic mass is 9.94. The molecule has 4 aromatic rings. The molecule has 8 heteroatoms. The van der Waals surface area contributed by atoms with Crippen LogP contribution in [0.3, 0.4) is 0 Å². The Balaban J connectivity index is 1.81. The van der Waals surface area contributed by atoms with Gasteiger partial charge in [0.15, 0.2) is 0 Å². The number of aromatic nitrogens is 3. The molecule has 2 atom stereocenters. The molecule has 0 aliphatic heterocycles. The van der Waals surface area contributed by atoms with Crippen LogP contribution in [0.1, 0.15) is 61.0 Å². The van der Waals surface area contributed by atoms with E-state index in [2.05, 4.69) is 10.3 Å². The Kier molecular flexibility index (Phi) is 7.80. The van der Waals surface area contributed by atoms with E-state index in [9.17, 15) is 19.5 Å². The summed E-state index contributed by atoms with van der Waals surface area (Å²) in [5.41, 5.74) is 5.84. The number of pyridine rings is 2. The van der Waals surface area contributed by atoms with E-state index in [1.165, 1.54) is 10.6 Å². The van der Waals surface area contributed by atoms with Gasteiger partial charge in [0, 0.05) is 36.4 Å². The molecular formula is C30H34N4O4. The Morgan fingerprint density at radius 1 is 1.05 bits per heavy atom. The molecule has 0 fully saturated rings. The SMILES string of the molecule is Cc1ccn(C(CC(C)C)C(=O)NC(CC(=O)O)c2cc(-c3c(C)cccc3C)cn3ccnc23)c(=O)c1. The number of hydrogen-bond acceptors (Lipinski definition) is 4. The number of rotatable bonds is 9. The molecule has 4 rings (SSSR count). The Bertz CT molecular complexity index is 1530. The monoisotopic (exact) mass is 514 g/mol. The maximum absolute atomic E-state index is 13.7. The maximum atomic E-state index is 13.7. The van der Waals surface area contributed by atoms with Gasteiger partial charge in [-0.15, -0.1) is 0 Å². The summed E-state index contributed by atoms with van der Waals surface area (Å²) in [6, 6.07) is 9.64. The van der Waals surface area contributed by atoms with Crippen molar-refractivity contribution in [3.05, 3.63) is 93.8 Å². The zero-order valence-electron chi connectivity index (χ0n) is 22.4. The Hall–Kier alpha value is -4.20. The van der Waals surface area contributed by atoms with Gasteiger partial charge in [-0.05, 0) is 73.1 Å². The van der Waals surface area contributed by atoms with Gasteiger partial charge in [0.05, 0.1) is 12.5 Å². The summed E-state index contributed by atoms with van der Waals surface area (Å²) in [6.45, 7) is 9.86. The number of carboxylic acid groups (broad SMARTS) is 1. The van der Waals surface area contributed by atoms with E-state index in [-0.39, 0.29) is 17.9 Å². The van der Waals surface area contributed by atoms with Crippen LogP contribution in [0.4, 0.5) is 0 Å². The van der Waals surface area contributed by atoms with Crippen LogP contribution in [0, 0.1) is 26.7 Å². The number of carboxylic acids is 1. The molecule has 0 saturated heterocycles. The van der Waals surface area contributed by atoms with Gasteiger partial charge in [-0.2, -0.15) is 0 Å². The number of amides is 1. The molecule has 8 nitrogen and oxygen atoms in total. The highest BCUT2D eigenvalue weighted by molar-refractivity contribution is 5.82. The molecule has 2 unspecified atom stereocenters. The number of benzene rings is 1. The lowest BCUT2D eigenvalue weighted by Gasteiger charge is -2.25. The van der Waals surface area contributed by atoms with Crippen molar-refractivity contribution in [2.45, 2.75) is 59.5 Å². The second kappa shape index (κ2) is 11.0. The van der Waals surface area contributed by atoms with Crippen molar-refractivity contribution < 1.29 is 14.7 Å². The number of aliphatic carboxylic acids is 1. The molecule has 1 aromatic carbocycles. The summed E-state index contributed by atoms with van der Waals surface area (Å²) >= 11 is 0. The third-order valence-corrected chi connectivity index (χ3v) is 6.79. The van der Waals surface area contributed by atoms with Crippen molar-refractivity contribution >= 4 is 17.5 Å². The van der Waals surface area contributed by atoms with Crippen LogP contribution < -0.4 is 10.9 Å². The number of nitrogens with one attached hydrogen (secondary N) is 1. The predicted octanol–water partition coefficient (Wildman–Crippen LogP) is 5.01. The van der Waals surface area contributed by atoms with Crippen LogP contribution in [-0.2, 0) is 9.59 Å². The summed E-state index contributed by atoms with van der Waals surface area (Å²) in [5.74, 6) is -1.33. The van der Waals surface area contributed by atoms with Gasteiger partial charge in [-0.25, -0.2) is 4.98 Å². The number of aryl methyl sites for hydroxylation is 3. The molecule has 3 heterocycles. The Labute approximate surface area is 222 Å². The standard InChI is InChI=1S/C30H34N4O4/c1-18(2)13-25(34-11-9-19(3)14-26(34)35)30(38)32-24(16-27(36)37)23-15-22(17-33-12-10-31-29(23)33)28-20(4)7-6-8-21(28)5/h6-12,14-15,17-18,24-25H,13,16H2,1-5H3,(H,32,38)(H,36,37). The van der Waals surface area contributed by atoms with Gasteiger partial charge >= 0.3 is 5.97 Å². The fourth-order valence-corrected chi connectivity index (χ4v) is 5.04. The average Bonchev–Trinajstić information content (AvgIpc) is 3.30. The molecule has 198 valence electrons. The van der Waals surface area contributed by atoms with Crippen LogP contribution in [-0.4, -0.2) is 30.9 Å². The van der Waals surface area contributed by atoms with Gasteiger partial charge in [0.1, 0.15) is 11.7 Å². The van der Waals surface area contributed by atoms with E-state index in [1.54, 1.807) is 18.5 Å². The number of carbonyl (C=O) groups excluding carboxylic acids is 1. The zero-order valence-corrected chi connectivity index (χ0v) is 22.4. The average molecular weight is 515 g/mol. The molecule has 3 aromatic heterocycles. The smallest absolute Gasteiger partial charge is 0.305 e. The highest BCUT2D eigenvalue weighted by Gasteiger charge is 2.28. The molecule has 0 bridgehead atoms. The fraction of sp³-hybridized carbons (Fsp3) is 0.333. The third-order valence-electron chi connectivity index (χ3n) is 6.79. The van der Waals surface area contributed by atoms with Crippen molar-refractivity contribution in [1.82, 2.24) is 19.3 Å². The summed E-state index contributed by atoms with van der Waals surface area (Å²) < 4.78 is 3.28. The summed E-state index contributed by atoms with van der Waals surface area (Å²) in [4.78, 5) is 43.0. The number of hydrogen-bond donors (Lipinski definition) is 2. The first-order valence-corrected chi connectivity index (χ1v) is 12.8. The molecule has 2 N–H and O–H groups in total. The van der Waals surface area contributed by atoms with Crippen molar-refractivity contribution in [2.24, 2.45) is 5.92 Å². The van der Waals surface area contributed by atoms with Gasteiger partial charge in [-0.3, -0.25) is 14.4 Å². The molecule has 0 spiro atoms. The van der Waals surface area contributed by atoms with Gasteiger partial charge in [-0.1, -0.05) is 32.0 Å². The molecule has 0 saturated carbocycles. The third kappa shape index (κ3) is 5.69. The van der Waals surface area contributed by atoms with Crippen molar-refractivity contribution in [1.29, 1.82) is 0 Å². The summed E-state index contributed by atoms with van der Waals surface area (Å²) in [6.07, 6.45) is 7.15. The van der Waals surface area contributed by atoms with Crippen LogP contribution in [0.2, 0.25) is 0 Å². The summed E-state index contributed by atoms with van der Waals surface area (Å²) in [5, 5.41) is 12.8. The first kappa shape index (κ1) is 26.9. The maximum Gasteiger partial charge on any atom is 0.305 e. The van der Waals surface area contributed by atoms with E-state index < -0.39 is 24.0 Å². The number of fused-ring (bicyclic) bond motifs is 1. The molecule has 0 radical (unpaired) electrons. The molecular weight excluding hydrogens is 480 g/mol. The minimum Gasteiger partial charge on any atom is -0.481 e. The second-order valence-electron chi connectivity index (χ2n) is 10.4. The quantitative estimate of drug-likeness (QED) is 0.327. The molecule has 0 aliphatic carbocycles. The van der Waals surface area contributed by atoms with Crippen LogP contribution in [0.5, 0.6) is 0 Å². The van der Waals surface area contributed by atoms with Crippen LogP contribution in [0.25, 0.3) is 16.8 Å². The molecule has 38 heavy (non-hydrogen) atoms. The molecule has 1 amide bonds. The van der Waals surface area contributed by atoms with Gasteiger partial charge < -0.3 is 19.4 Å². The van der Waals surface area contributed by atoms with Gasteiger partial charge in [0.25, 0.3) is 5.56 Å². The molecule has 0 aliphatic rings. The minimum absolute atomic E-state index is 0.128. The lowest BCUT2D eigenvalue weighted by Crippen LogP contribution is -2.40. The summed E-state index contributed by atoms with van der Waals surface area (Å²) in [7, 11) is 0. The fourth-order valence-electron chi connectivity index (χ4n) is 5.04. The minimum atomic E-state index is -1.05. The van der Waals surface area contributed by atoms with E-state index in [0.717, 1.165) is 27.8 Å². The lowest BCUT2D eigenvalue weighted by molar-refractivity contribution is -0.138. The number of carbonyl (C=O) groups is 2. The van der Waals surface area contributed by atoms with Gasteiger partial charge in [0.2, 0.25) is 5.91 Å². The second-order valence-corrected chi connectivity index (χ2v) is 10.4. The largest absolute Gasteiger partial charge is 0.481 e. The van der Waals surface area contributed by atoms with E-state index in [0.29, 0.717) is 17.6 Å². The Morgan fingerprint density at radius 3 is 2.39 bits per heavy atom. The predicted molar refractivity (Wildman–Crippen MR) is 147 cm³/mol. The Morgan fingerprint density at radius 2 is 1.76 bits per heavy atom. The zero-order chi connectivity index (χ0) is 27.6. The highest BCUT2D eigenvalue weighted by atomic mass is 16.4. The topological polar surface area (TPSA) is 106 Å².